The fourth-order valence-corrected chi connectivity index (χ4v) is 3.02. The number of imide groups is 1. The van der Waals surface area contributed by atoms with Gasteiger partial charge in [0.2, 0.25) is 5.91 Å². The summed E-state index contributed by atoms with van der Waals surface area (Å²) in [5.41, 5.74) is 3.53. The Kier molecular flexibility index (Phi) is 4.70. The van der Waals surface area contributed by atoms with Gasteiger partial charge < -0.3 is 9.30 Å². The first kappa shape index (κ1) is 17.0. The molecule has 0 atom stereocenters. The molecule has 0 bridgehead atoms. The van der Waals surface area contributed by atoms with Crippen LogP contribution < -0.4 is 0 Å². The highest BCUT2D eigenvalue weighted by molar-refractivity contribution is 5.98. The van der Waals surface area contributed by atoms with Crippen molar-refractivity contribution in [1.82, 2.24) is 9.47 Å². The van der Waals surface area contributed by atoms with Gasteiger partial charge in [-0.05, 0) is 56.7 Å². The average Bonchev–Trinajstić information content (AvgIpc) is 3.18. The van der Waals surface area contributed by atoms with E-state index in [-0.39, 0.29) is 5.91 Å². The molecular weight excluding hydrogens is 320 g/mol. The molecule has 2 amide bonds. The Bertz CT molecular complexity index is 801. The Morgan fingerprint density at radius 3 is 2.24 bits per heavy atom. The van der Waals surface area contributed by atoms with Crippen molar-refractivity contribution < 1.29 is 19.1 Å². The Balaban J connectivity index is 1.63. The van der Waals surface area contributed by atoms with Crippen LogP contribution in [0.1, 0.15) is 34.6 Å². The molecule has 0 N–H and O–H groups in total. The normalized spacial score (nSPS) is 14.0. The second-order valence-electron chi connectivity index (χ2n) is 6.12. The number of hydrogen-bond donors (Lipinski definition) is 0. The third kappa shape index (κ3) is 3.47. The van der Waals surface area contributed by atoms with Gasteiger partial charge in [-0.1, -0.05) is 0 Å². The molecule has 2 aromatic rings. The lowest BCUT2D eigenvalue weighted by Gasteiger charge is -2.13. The number of aromatic nitrogens is 1. The Morgan fingerprint density at radius 1 is 1.04 bits per heavy atom. The van der Waals surface area contributed by atoms with Crippen LogP contribution in [0.15, 0.2) is 36.4 Å². The number of hydrogen-bond acceptors (Lipinski definition) is 4. The summed E-state index contributed by atoms with van der Waals surface area (Å²) in [7, 11) is 0. The van der Waals surface area contributed by atoms with Crippen molar-refractivity contribution in [2.45, 2.75) is 26.7 Å². The lowest BCUT2D eigenvalue weighted by atomic mass is 10.2. The maximum atomic E-state index is 12.1. The van der Waals surface area contributed by atoms with E-state index < -0.39 is 18.5 Å². The summed E-state index contributed by atoms with van der Waals surface area (Å²) in [4.78, 5) is 36.6. The summed E-state index contributed by atoms with van der Waals surface area (Å²) in [6.07, 6.45) is 1.04. The fraction of sp³-hybridized carbons (Fsp3) is 0.316. The lowest BCUT2D eigenvalue weighted by molar-refractivity contribution is -0.143. The van der Waals surface area contributed by atoms with Crippen LogP contribution in [0.3, 0.4) is 0 Å². The van der Waals surface area contributed by atoms with Gasteiger partial charge in [0.1, 0.15) is 0 Å². The highest BCUT2D eigenvalue weighted by atomic mass is 16.5. The molecule has 0 aliphatic carbocycles. The molecule has 0 saturated carbocycles. The van der Waals surface area contributed by atoms with Gasteiger partial charge in [0.25, 0.3) is 5.91 Å². The molecule has 1 aliphatic heterocycles. The minimum absolute atomic E-state index is 0.206. The minimum atomic E-state index is -0.576. The predicted molar refractivity (Wildman–Crippen MR) is 91.5 cm³/mol. The van der Waals surface area contributed by atoms with Crippen LogP contribution in [-0.4, -0.2) is 40.4 Å². The Hall–Kier alpha value is -2.89. The van der Waals surface area contributed by atoms with E-state index in [0.29, 0.717) is 24.9 Å². The molecule has 1 aromatic heterocycles. The predicted octanol–water partition coefficient (Wildman–Crippen LogP) is 2.40. The van der Waals surface area contributed by atoms with E-state index in [1.54, 1.807) is 12.1 Å². The van der Waals surface area contributed by atoms with E-state index in [1.807, 2.05) is 38.1 Å². The smallest absolute Gasteiger partial charge is 0.338 e. The standard InChI is InChI=1S/C19H20N2O4/c1-13-5-6-14(2)21(13)16-9-7-15(8-10-16)19(24)25-12-18(23)20-11-3-4-17(20)22/h5-10H,3-4,11-12H2,1-2H3. The molecule has 6 nitrogen and oxygen atoms in total. The van der Waals surface area contributed by atoms with E-state index in [2.05, 4.69) is 4.57 Å². The van der Waals surface area contributed by atoms with Crippen molar-refractivity contribution in [2.24, 2.45) is 0 Å². The first-order valence-electron chi connectivity index (χ1n) is 8.23. The van der Waals surface area contributed by atoms with Crippen LogP contribution in [0, 0.1) is 13.8 Å². The molecule has 0 radical (unpaired) electrons. The molecular formula is C19H20N2O4. The van der Waals surface area contributed by atoms with Crippen molar-refractivity contribution in [2.75, 3.05) is 13.2 Å². The fourth-order valence-electron chi connectivity index (χ4n) is 3.02. The first-order chi connectivity index (χ1) is 12.0. The van der Waals surface area contributed by atoms with Gasteiger partial charge in [-0.15, -0.1) is 0 Å². The van der Waals surface area contributed by atoms with Crippen LogP contribution in [0.4, 0.5) is 0 Å². The Labute approximate surface area is 146 Å². The van der Waals surface area contributed by atoms with Crippen LogP contribution in [0.5, 0.6) is 0 Å². The number of amides is 2. The number of carbonyl (C=O) groups is 3. The summed E-state index contributed by atoms with van der Waals surface area (Å²) in [5.74, 6) is -1.25. The maximum absolute atomic E-state index is 12.1. The maximum Gasteiger partial charge on any atom is 0.338 e. The third-order valence-corrected chi connectivity index (χ3v) is 4.33. The summed E-state index contributed by atoms with van der Waals surface area (Å²) in [6.45, 7) is 4.02. The second-order valence-corrected chi connectivity index (χ2v) is 6.12. The minimum Gasteiger partial charge on any atom is -0.452 e. The Morgan fingerprint density at radius 2 is 1.68 bits per heavy atom. The van der Waals surface area contributed by atoms with Gasteiger partial charge in [0.15, 0.2) is 6.61 Å². The molecule has 0 unspecified atom stereocenters. The zero-order valence-corrected chi connectivity index (χ0v) is 14.3. The summed E-state index contributed by atoms with van der Waals surface area (Å²) in [6, 6.07) is 11.1. The molecule has 25 heavy (non-hydrogen) atoms. The van der Waals surface area contributed by atoms with Gasteiger partial charge >= 0.3 is 5.97 Å². The summed E-state index contributed by atoms with van der Waals surface area (Å²) in [5, 5.41) is 0. The van der Waals surface area contributed by atoms with Gasteiger partial charge in [0, 0.05) is 30.0 Å². The number of nitrogens with zero attached hydrogens (tertiary/aromatic N) is 2. The monoisotopic (exact) mass is 340 g/mol. The molecule has 1 aliphatic rings. The van der Waals surface area contributed by atoms with Crippen molar-refractivity contribution >= 4 is 17.8 Å². The number of aryl methyl sites for hydroxylation is 2. The van der Waals surface area contributed by atoms with Crippen LogP contribution in [0.25, 0.3) is 5.69 Å². The first-order valence-corrected chi connectivity index (χ1v) is 8.23. The molecule has 0 spiro atoms. The van der Waals surface area contributed by atoms with Gasteiger partial charge in [0.05, 0.1) is 5.56 Å². The van der Waals surface area contributed by atoms with Gasteiger partial charge in [-0.2, -0.15) is 0 Å². The molecule has 2 heterocycles. The molecule has 6 heteroatoms. The number of esters is 1. The van der Waals surface area contributed by atoms with E-state index in [1.165, 1.54) is 0 Å². The van der Waals surface area contributed by atoms with Gasteiger partial charge in [-0.25, -0.2) is 4.79 Å². The second kappa shape index (κ2) is 6.93. The molecule has 1 aromatic carbocycles. The van der Waals surface area contributed by atoms with Crippen molar-refractivity contribution in [1.29, 1.82) is 0 Å². The highest BCUT2D eigenvalue weighted by Gasteiger charge is 2.27. The SMILES string of the molecule is Cc1ccc(C)n1-c1ccc(C(=O)OCC(=O)N2CCCC2=O)cc1. The van der Waals surface area contributed by atoms with Crippen molar-refractivity contribution in [3.05, 3.63) is 53.3 Å². The molecule has 1 fully saturated rings. The molecule has 130 valence electrons. The highest BCUT2D eigenvalue weighted by Crippen LogP contribution is 2.17. The summed E-state index contributed by atoms with van der Waals surface area (Å²) < 4.78 is 7.12. The van der Waals surface area contributed by atoms with E-state index in [9.17, 15) is 14.4 Å². The number of likely N-dealkylation sites (tertiary alicyclic amines) is 1. The number of carbonyl (C=O) groups excluding carboxylic acids is 3. The van der Waals surface area contributed by atoms with E-state index in [0.717, 1.165) is 22.0 Å². The van der Waals surface area contributed by atoms with Crippen LogP contribution in [-0.2, 0) is 14.3 Å². The van der Waals surface area contributed by atoms with Crippen molar-refractivity contribution in [3.8, 4) is 5.69 Å². The topological polar surface area (TPSA) is 68.6 Å². The number of rotatable bonds is 4. The quantitative estimate of drug-likeness (QED) is 0.802. The van der Waals surface area contributed by atoms with Crippen LogP contribution >= 0.6 is 0 Å². The number of ether oxygens (including phenoxy) is 1. The molecule has 1 saturated heterocycles. The number of benzene rings is 1. The average molecular weight is 340 g/mol. The van der Waals surface area contributed by atoms with E-state index >= 15 is 0 Å². The summed E-state index contributed by atoms with van der Waals surface area (Å²) >= 11 is 0. The van der Waals surface area contributed by atoms with Crippen molar-refractivity contribution in [3.63, 3.8) is 0 Å². The molecule has 3 rings (SSSR count). The largest absolute Gasteiger partial charge is 0.452 e. The van der Waals surface area contributed by atoms with Crippen LogP contribution in [0.2, 0.25) is 0 Å². The van der Waals surface area contributed by atoms with E-state index in [4.69, 9.17) is 4.74 Å². The van der Waals surface area contributed by atoms with Gasteiger partial charge in [-0.3, -0.25) is 14.5 Å². The zero-order valence-electron chi connectivity index (χ0n) is 14.3. The third-order valence-electron chi connectivity index (χ3n) is 4.33. The zero-order chi connectivity index (χ0) is 18.0. The lowest BCUT2D eigenvalue weighted by Crippen LogP contribution is -2.35.